The molecule has 13 nitrogen and oxygen atoms in total. The molecule has 1 saturated carbocycles. The minimum Gasteiger partial charge on any atom is -0.510 e. The van der Waals surface area contributed by atoms with E-state index >= 15 is 0 Å². The molecule has 6 rings (SSSR count). The second-order valence-electron chi connectivity index (χ2n) is 13.1. The summed E-state index contributed by atoms with van der Waals surface area (Å²) in [5.41, 5.74) is 4.66. The summed E-state index contributed by atoms with van der Waals surface area (Å²) in [4.78, 5) is 30.4. The molecule has 1 heterocycles. The number of ketones is 1. The number of likely N-dealkylation sites (N-methyl/N-ethyl adjacent to an activating group) is 1. The molecule has 0 spiro atoms. The number of hydrogen-bond acceptors (Lipinski definition) is 12. The first-order valence-corrected chi connectivity index (χ1v) is 16.2. The summed E-state index contributed by atoms with van der Waals surface area (Å²) in [5.74, 6) is -4.90. The molecular formula is C35H43N5O8. The fraction of sp³-hybridized carbons (Fsp3) is 0.457. The van der Waals surface area contributed by atoms with Crippen LogP contribution in [-0.2, 0) is 32.1 Å². The number of amides is 1. The number of phenols is 1. The maximum Gasteiger partial charge on any atom is 0.254 e. The van der Waals surface area contributed by atoms with E-state index in [9.17, 15) is 30.0 Å². The SMILES string of the molecule is CN(C)[C@@H]1C(O)=C(C(N)=O)C(=N)[C@@]2(O)C(=O)C3=C(O)c4c(O)ccc(-c5cccc(COCNCCN6CCOCC6)c5)c4C[C@H]3CC12. The average molecular weight is 662 g/mol. The minimum atomic E-state index is -2.53. The van der Waals surface area contributed by atoms with Crippen molar-refractivity contribution in [3.8, 4) is 16.9 Å². The van der Waals surface area contributed by atoms with E-state index < -0.39 is 58.0 Å². The second kappa shape index (κ2) is 13.4. The van der Waals surface area contributed by atoms with E-state index in [1.807, 2.05) is 24.3 Å². The number of nitrogens with two attached hydrogens (primary N) is 1. The summed E-state index contributed by atoms with van der Waals surface area (Å²) in [5, 5.41) is 57.5. The predicted molar refractivity (Wildman–Crippen MR) is 177 cm³/mol. The number of carbonyl (C=O) groups excluding carboxylic acids is 2. The molecule has 3 aliphatic carbocycles. The van der Waals surface area contributed by atoms with Crippen LogP contribution >= 0.6 is 0 Å². The van der Waals surface area contributed by atoms with Crippen molar-refractivity contribution in [1.29, 1.82) is 5.41 Å². The van der Waals surface area contributed by atoms with Crippen molar-refractivity contribution in [2.24, 2.45) is 17.6 Å². The van der Waals surface area contributed by atoms with Crippen LogP contribution in [0.15, 0.2) is 53.3 Å². The summed E-state index contributed by atoms with van der Waals surface area (Å²) in [6.45, 7) is 5.89. The van der Waals surface area contributed by atoms with Gasteiger partial charge in [0, 0.05) is 37.7 Å². The van der Waals surface area contributed by atoms with Crippen LogP contribution in [0.3, 0.4) is 0 Å². The van der Waals surface area contributed by atoms with Gasteiger partial charge < -0.3 is 41.0 Å². The number of carbonyl (C=O) groups is 2. The van der Waals surface area contributed by atoms with Crippen molar-refractivity contribution in [2.75, 3.05) is 60.2 Å². The predicted octanol–water partition coefficient (Wildman–Crippen LogP) is 1.48. The number of nitrogens with one attached hydrogen (secondary N) is 2. The Kier molecular flexibility index (Phi) is 9.44. The topological polar surface area (TPSA) is 202 Å². The van der Waals surface area contributed by atoms with Gasteiger partial charge in [-0.1, -0.05) is 24.3 Å². The molecule has 0 aromatic heterocycles. The highest BCUT2D eigenvalue weighted by Gasteiger charge is 2.63. The largest absolute Gasteiger partial charge is 0.510 e. The first-order valence-electron chi connectivity index (χ1n) is 16.2. The van der Waals surface area contributed by atoms with Crippen LogP contribution in [0.25, 0.3) is 16.9 Å². The molecule has 4 aliphatic rings. The van der Waals surface area contributed by atoms with Crippen molar-refractivity contribution >= 4 is 23.2 Å². The molecule has 1 unspecified atom stereocenters. The summed E-state index contributed by atoms with van der Waals surface area (Å²) in [6.07, 6.45) is 0.342. The number of hydrogen-bond donors (Lipinski definition) is 7. The quantitative estimate of drug-likeness (QED) is 0.144. The Morgan fingerprint density at radius 1 is 1.19 bits per heavy atom. The maximum absolute atomic E-state index is 14.2. The van der Waals surface area contributed by atoms with Gasteiger partial charge in [0.15, 0.2) is 5.60 Å². The van der Waals surface area contributed by atoms with Crippen molar-refractivity contribution < 1.29 is 39.5 Å². The van der Waals surface area contributed by atoms with Gasteiger partial charge in [0.25, 0.3) is 5.91 Å². The summed E-state index contributed by atoms with van der Waals surface area (Å²) < 4.78 is 11.3. The zero-order valence-corrected chi connectivity index (χ0v) is 27.2. The standard InChI is InChI=1S/C35H43N5O8/c1-39(2)29-24-16-21-15-23-22(20-5-3-4-19(14-20)17-48-18-38-8-9-40-10-12-47-13-11-40)6-7-25(41)27(23)30(42)26(21)33(44)35(24,46)32(36)28(31(29)43)34(37)45/h3-7,14,21,24,29,36,38,41-43,46H,8-13,15-18H2,1-2H3,(H2,37,45)/t21-,24?,29-,35+/m0/s1. The van der Waals surface area contributed by atoms with Gasteiger partial charge in [-0.3, -0.25) is 24.7 Å². The summed E-state index contributed by atoms with van der Waals surface area (Å²) in [6, 6.07) is 10.0. The second-order valence-corrected chi connectivity index (χ2v) is 13.1. The molecule has 13 heteroatoms. The highest BCUT2D eigenvalue weighted by molar-refractivity contribution is 6.34. The van der Waals surface area contributed by atoms with E-state index in [0.29, 0.717) is 18.9 Å². The number of benzene rings is 2. The van der Waals surface area contributed by atoms with E-state index in [1.165, 1.54) is 6.07 Å². The fourth-order valence-electron chi connectivity index (χ4n) is 7.77. The maximum atomic E-state index is 14.2. The lowest BCUT2D eigenvalue weighted by Crippen LogP contribution is -2.67. The lowest BCUT2D eigenvalue weighted by atomic mass is 9.56. The number of rotatable bonds is 10. The minimum absolute atomic E-state index is 0.0836. The van der Waals surface area contributed by atoms with E-state index in [4.69, 9.17) is 20.6 Å². The first kappa shape index (κ1) is 33.8. The van der Waals surface area contributed by atoms with Crippen LogP contribution in [-0.4, -0.2) is 119 Å². The zero-order chi connectivity index (χ0) is 34.3. The molecule has 0 bridgehead atoms. The van der Waals surface area contributed by atoms with Crippen molar-refractivity contribution in [3.05, 3.63) is 70.0 Å². The first-order chi connectivity index (χ1) is 22.9. The lowest BCUT2D eigenvalue weighted by molar-refractivity contribution is -0.138. The molecule has 2 aromatic rings. The number of phenolic OH excluding ortho intramolecular Hbond substituents is 1. The molecule has 2 fully saturated rings. The number of Topliss-reactive ketones (excluding diaryl/α,β-unsaturated/α-hetero) is 1. The normalized spacial score (nSPS) is 26.0. The van der Waals surface area contributed by atoms with Crippen molar-refractivity contribution in [1.82, 2.24) is 15.1 Å². The molecule has 48 heavy (non-hydrogen) atoms. The Bertz CT molecular complexity index is 1700. The molecule has 1 saturated heterocycles. The third-order valence-corrected chi connectivity index (χ3v) is 10.1. The van der Waals surface area contributed by atoms with E-state index in [1.54, 1.807) is 25.1 Å². The third kappa shape index (κ3) is 5.80. The Morgan fingerprint density at radius 3 is 2.65 bits per heavy atom. The number of aromatic hydroxyl groups is 1. The smallest absolute Gasteiger partial charge is 0.254 e. The van der Waals surface area contributed by atoms with E-state index in [-0.39, 0.29) is 29.7 Å². The summed E-state index contributed by atoms with van der Waals surface area (Å²) in [7, 11) is 3.26. The van der Waals surface area contributed by atoms with Crippen LogP contribution in [0.1, 0.15) is 23.1 Å². The molecule has 1 aliphatic heterocycles. The van der Waals surface area contributed by atoms with E-state index in [0.717, 1.165) is 56.1 Å². The van der Waals surface area contributed by atoms with Gasteiger partial charge in [-0.2, -0.15) is 0 Å². The van der Waals surface area contributed by atoms with Crippen LogP contribution in [0, 0.1) is 17.2 Å². The van der Waals surface area contributed by atoms with Gasteiger partial charge in [-0.05, 0) is 67.2 Å². The van der Waals surface area contributed by atoms with Crippen LogP contribution in [0.5, 0.6) is 5.75 Å². The number of fused-ring (bicyclic) bond motifs is 3. The Hall–Kier alpha value is -4.11. The molecule has 0 radical (unpaired) electrons. The molecule has 256 valence electrons. The van der Waals surface area contributed by atoms with Gasteiger partial charge in [0.2, 0.25) is 5.78 Å². The highest BCUT2D eigenvalue weighted by Crippen LogP contribution is 2.53. The van der Waals surface area contributed by atoms with Gasteiger partial charge in [-0.25, -0.2) is 0 Å². The number of morpholine rings is 1. The van der Waals surface area contributed by atoms with Crippen molar-refractivity contribution in [2.45, 2.75) is 31.1 Å². The number of ether oxygens (including phenoxy) is 2. The Balaban J connectivity index is 1.26. The zero-order valence-electron chi connectivity index (χ0n) is 27.2. The highest BCUT2D eigenvalue weighted by atomic mass is 16.5. The number of nitrogens with zero attached hydrogens (tertiary/aromatic N) is 2. The van der Waals surface area contributed by atoms with Gasteiger partial charge in [0.05, 0.1) is 43.9 Å². The average Bonchev–Trinajstić information content (AvgIpc) is 3.05. The Morgan fingerprint density at radius 2 is 1.94 bits per heavy atom. The fourth-order valence-corrected chi connectivity index (χ4v) is 7.77. The van der Waals surface area contributed by atoms with Crippen LogP contribution in [0.4, 0.5) is 0 Å². The number of aliphatic hydroxyl groups is 3. The number of primary amides is 1. The van der Waals surface area contributed by atoms with Gasteiger partial charge in [0.1, 0.15) is 22.8 Å². The third-order valence-electron chi connectivity index (χ3n) is 10.1. The van der Waals surface area contributed by atoms with Gasteiger partial charge in [-0.15, -0.1) is 0 Å². The summed E-state index contributed by atoms with van der Waals surface area (Å²) >= 11 is 0. The van der Waals surface area contributed by atoms with Crippen LogP contribution in [0.2, 0.25) is 0 Å². The molecular weight excluding hydrogens is 618 g/mol. The molecule has 4 atom stereocenters. The van der Waals surface area contributed by atoms with Crippen molar-refractivity contribution in [3.63, 3.8) is 0 Å². The molecule has 1 amide bonds. The monoisotopic (exact) mass is 661 g/mol. The Labute approximate surface area is 278 Å². The number of aliphatic hydroxyl groups excluding tert-OH is 2. The lowest BCUT2D eigenvalue weighted by Gasteiger charge is -2.51. The van der Waals surface area contributed by atoms with Crippen LogP contribution < -0.4 is 11.1 Å². The molecule has 2 aromatic carbocycles. The molecule has 8 N–H and O–H groups in total. The van der Waals surface area contributed by atoms with Gasteiger partial charge >= 0.3 is 0 Å². The van der Waals surface area contributed by atoms with E-state index in [2.05, 4.69) is 10.2 Å².